The van der Waals surface area contributed by atoms with Gasteiger partial charge in [0.05, 0.1) is 21.3 Å². The van der Waals surface area contributed by atoms with Crippen molar-refractivity contribution < 1.29 is 9.18 Å². The largest absolute Gasteiger partial charge is 0.355 e. The van der Waals surface area contributed by atoms with Gasteiger partial charge in [0.2, 0.25) is 5.43 Å². The van der Waals surface area contributed by atoms with Crippen molar-refractivity contribution in [3.8, 4) is 0 Å². The van der Waals surface area contributed by atoms with Crippen molar-refractivity contribution >= 4 is 66.4 Å². The quantitative estimate of drug-likeness (QED) is 0.186. The molecule has 3 heterocycles. The molecule has 0 saturated carbocycles. The van der Waals surface area contributed by atoms with Gasteiger partial charge in [0, 0.05) is 18.1 Å². The maximum atomic E-state index is 14.5. The fourth-order valence-corrected chi connectivity index (χ4v) is 5.98. The molecule has 216 valence electrons. The van der Waals surface area contributed by atoms with E-state index in [2.05, 4.69) is 41.2 Å². The third-order valence-corrected chi connectivity index (χ3v) is 8.36. The molecule has 7 nitrogen and oxygen atoms in total. The Morgan fingerprint density at radius 2 is 1.88 bits per heavy atom. The molecule has 0 bridgehead atoms. The van der Waals surface area contributed by atoms with Crippen molar-refractivity contribution in [2.75, 3.05) is 23.3 Å². The minimum atomic E-state index is -0.715. The molecule has 0 saturated heterocycles. The summed E-state index contributed by atoms with van der Waals surface area (Å²) in [4.78, 5) is 30.1. The van der Waals surface area contributed by atoms with Gasteiger partial charge in [-0.3, -0.25) is 14.0 Å². The Balaban J connectivity index is 0.00000189. The van der Waals surface area contributed by atoms with E-state index >= 15 is 0 Å². The standard InChI is InChI=1S/C29H29ClFN5O2S.C2H6/c1-4-13-35(14-12-17(3)5-2)24-16-19-26(37)25(28(38)32-21-15-18(30)10-11-20(21)31)29-36(27(19)34-33-24)22-8-6-7-9-23(22)39-29;1-2/h6-11,15-17H,4-5,12-14H2,1-3H3,(H,32,38);1-2H3. The number of aromatic nitrogens is 3. The number of anilines is 2. The zero-order valence-corrected chi connectivity index (χ0v) is 25.6. The third kappa shape index (κ3) is 6.21. The van der Waals surface area contributed by atoms with Crippen LogP contribution in [0.5, 0.6) is 0 Å². The van der Waals surface area contributed by atoms with Crippen molar-refractivity contribution in [1.82, 2.24) is 14.6 Å². The monoisotopic (exact) mass is 595 g/mol. The molecular weight excluding hydrogens is 561 g/mol. The third-order valence-electron chi connectivity index (χ3n) is 6.98. The molecule has 0 aliphatic carbocycles. The first-order valence-electron chi connectivity index (χ1n) is 14.1. The van der Waals surface area contributed by atoms with Crippen LogP contribution in [-0.2, 0) is 0 Å². The molecule has 10 heteroatoms. The maximum Gasteiger partial charge on any atom is 0.262 e. The van der Waals surface area contributed by atoms with Crippen LogP contribution in [0, 0.1) is 11.7 Å². The molecule has 1 amide bonds. The molecule has 41 heavy (non-hydrogen) atoms. The van der Waals surface area contributed by atoms with Gasteiger partial charge in [-0.05, 0) is 55.2 Å². The van der Waals surface area contributed by atoms with Crippen LogP contribution in [-0.4, -0.2) is 33.6 Å². The van der Waals surface area contributed by atoms with Gasteiger partial charge in [-0.25, -0.2) is 4.39 Å². The molecular formula is C31H35ClFN5O2S. The molecule has 5 aromatic rings. The molecule has 1 unspecified atom stereocenters. The number of rotatable bonds is 9. The number of carbonyl (C=O) groups excluding carboxylic acids is 1. The second-order valence-corrected chi connectivity index (χ2v) is 11.2. The second-order valence-electron chi connectivity index (χ2n) is 9.72. The fourth-order valence-electron chi connectivity index (χ4n) is 4.62. The lowest BCUT2D eigenvalue weighted by atomic mass is 10.1. The summed E-state index contributed by atoms with van der Waals surface area (Å²) >= 11 is 7.33. The summed E-state index contributed by atoms with van der Waals surface area (Å²) in [6, 6.07) is 13.2. The van der Waals surface area contributed by atoms with E-state index in [1.807, 2.05) is 38.1 Å². The summed E-state index contributed by atoms with van der Waals surface area (Å²) in [6.45, 7) is 12.0. The normalized spacial score (nSPS) is 11.9. The topological polar surface area (TPSA) is 79.6 Å². The van der Waals surface area contributed by atoms with Crippen LogP contribution in [0.1, 0.15) is 64.2 Å². The van der Waals surface area contributed by atoms with Crippen molar-refractivity contribution in [1.29, 1.82) is 0 Å². The summed E-state index contributed by atoms with van der Waals surface area (Å²) in [6.07, 6.45) is 2.98. The number of amides is 1. The Morgan fingerprint density at radius 3 is 2.61 bits per heavy atom. The van der Waals surface area contributed by atoms with Crippen molar-refractivity contribution in [2.45, 2.75) is 53.9 Å². The number of halogens is 2. The van der Waals surface area contributed by atoms with Crippen molar-refractivity contribution in [3.05, 3.63) is 75.2 Å². The Bertz CT molecular complexity index is 1750. The molecule has 3 aromatic heterocycles. The van der Waals surface area contributed by atoms with Crippen LogP contribution in [0.4, 0.5) is 15.9 Å². The van der Waals surface area contributed by atoms with E-state index in [1.54, 1.807) is 10.5 Å². The average Bonchev–Trinajstić information content (AvgIpc) is 3.37. The van der Waals surface area contributed by atoms with Crippen LogP contribution in [0.2, 0.25) is 5.02 Å². The smallest absolute Gasteiger partial charge is 0.262 e. The predicted octanol–water partition coefficient (Wildman–Crippen LogP) is 8.18. The van der Waals surface area contributed by atoms with Crippen LogP contribution in [0.15, 0.2) is 53.3 Å². The van der Waals surface area contributed by atoms with Crippen LogP contribution in [0.3, 0.4) is 0 Å². The highest BCUT2D eigenvalue weighted by molar-refractivity contribution is 7.24. The summed E-state index contributed by atoms with van der Waals surface area (Å²) in [5.74, 6) is -0.211. The summed E-state index contributed by atoms with van der Waals surface area (Å²) in [5.41, 5.74) is 0.517. The number of fused-ring (bicyclic) bond motifs is 5. The Morgan fingerprint density at radius 1 is 1.12 bits per heavy atom. The number of pyridine rings is 1. The van der Waals surface area contributed by atoms with Crippen molar-refractivity contribution in [2.24, 2.45) is 5.92 Å². The Hall–Kier alpha value is -3.56. The molecule has 2 aromatic carbocycles. The minimum absolute atomic E-state index is 0.0799. The fraction of sp³-hybridized carbons (Fsp3) is 0.355. The molecule has 1 atom stereocenters. The van der Waals surface area contributed by atoms with Crippen LogP contribution in [0.25, 0.3) is 26.1 Å². The molecule has 0 aliphatic rings. The van der Waals surface area contributed by atoms with Gasteiger partial charge < -0.3 is 10.2 Å². The predicted molar refractivity (Wildman–Crippen MR) is 169 cm³/mol. The van der Waals surface area contributed by atoms with E-state index in [9.17, 15) is 14.0 Å². The highest BCUT2D eigenvalue weighted by Gasteiger charge is 2.24. The van der Waals surface area contributed by atoms with Gasteiger partial charge in [-0.2, -0.15) is 0 Å². The van der Waals surface area contributed by atoms with E-state index in [0.717, 1.165) is 42.6 Å². The first-order chi connectivity index (χ1) is 19.8. The number of para-hydroxylation sites is 1. The average molecular weight is 596 g/mol. The number of carbonyl (C=O) groups is 1. The first-order valence-corrected chi connectivity index (χ1v) is 15.3. The van der Waals surface area contributed by atoms with E-state index < -0.39 is 17.2 Å². The molecule has 5 rings (SSSR count). The van der Waals surface area contributed by atoms with Gasteiger partial charge >= 0.3 is 0 Å². The Labute approximate surface area is 248 Å². The number of hydrogen-bond acceptors (Lipinski definition) is 6. The number of nitrogens with one attached hydrogen (secondary N) is 1. The number of hydrogen-bond donors (Lipinski definition) is 1. The number of thiazole rings is 1. The maximum absolute atomic E-state index is 14.5. The van der Waals surface area contributed by atoms with Gasteiger partial charge in [0.25, 0.3) is 5.91 Å². The van der Waals surface area contributed by atoms with Crippen molar-refractivity contribution in [3.63, 3.8) is 0 Å². The summed E-state index contributed by atoms with van der Waals surface area (Å²) < 4.78 is 17.1. The summed E-state index contributed by atoms with van der Waals surface area (Å²) in [7, 11) is 0. The molecule has 1 N–H and O–H groups in total. The SMILES string of the molecule is CC.CCCN(CCC(C)CC)c1cc2c(=O)c(C(=O)Nc3cc(Cl)ccc3F)c3sc4ccccc4n3c2nn1. The molecule has 0 spiro atoms. The second kappa shape index (κ2) is 13.4. The summed E-state index contributed by atoms with van der Waals surface area (Å²) in [5, 5.41) is 12.1. The molecule has 0 fully saturated rings. The number of benzene rings is 2. The number of nitrogens with zero attached hydrogens (tertiary/aromatic N) is 4. The van der Waals surface area contributed by atoms with E-state index in [1.165, 1.54) is 29.5 Å². The molecule has 0 aliphatic heterocycles. The van der Waals surface area contributed by atoms with Gasteiger partial charge in [0.15, 0.2) is 11.5 Å². The van der Waals surface area contributed by atoms with Gasteiger partial charge in [-0.15, -0.1) is 21.5 Å². The van der Waals surface area contributed by atoms with E-state index in [4.69, 9.17) is 11.6 Å². The molecule has 0 radical (unpaired) electrons. The lowest BCUT2D eigenvalue weighted by Crippen LogP contribution is -2.28. The zero-order chi connectivity index (χ0) is 29.7. The van der Waals surface area contributed by atoms with Gasteiger partial charge in [-0.1, -0.05) is 64.8 Å². The van der Waals surface area contributed by atoms with Gasteiger partial charge in [0.1, 0.15) is 16.2 Å². The minimum Gasteiger partial charge on any atom is -0.355 e. The van der Waals surface area contributed by atoms with E-state index in [-0.39, 0.29) is 21.7 Å². The van der Waals surface area contributed by atoms with Crippen LogP contribution >= 0.6 is 22.9 Å². The van der Waals surface area contributed by atoms with Crippen LogP contribution < -0.4 is 15.6 Å². The highest BCUT2D eigenvalue weighted by atomic mass is 35.5. The lowest BCUT2D eigenvalue weighted by molar-refractivity contribution is 0.102. The lowest BCUT2D eigenvalue weighted by Gasteiger charge is -2.24. The highest BCUT2D eigenvalue weighted by Crippen LogP contribution is 2.32. The Kier molecular flexibility index (Phi) is 9.94. The van der Waals surface area contributed by atoms with E-state index in [0.29, 0.717) is 22.2 Å². The zero-order valence-electron chi connectivity index (χ0n) is 24.0. The first kappa shape index (κ1) is 30.4.